The van der Waals surface area contributed by atoms with Crippen LogP contribution in [0.1, 0.15) is 11.4 Å². The van der Waals surface area contributed by atoms with E-state index in [9.17, 15) is 13.2 Å². The summed E-state index contributed by atoms with van der Waals surface area (Å²) < 4.78 is 40.5. The van der Waals surface area contributed by atoms with E-state index in [-0.39, 0.29) is 5.95 Å². The molecule has 1 aliphatic heterocycles. The Morgan fingerprint density at radius 2 is 1.84 bits per heavy atom. The molecule has 3 rings (SSSR count). The van der Waals surface area contributed by atoms with Gasteiger partial charge in [0.25, 0.3) is 0 Å². The molecule has 0 spiro atoms. The van der Waals surface area contributed by atoms with E-state index >= 15 is 0 Å². The van der Waals surface area contributed by atoms with Crippen LogP contribution in [0.15, 0.2) is 18.5 Å². The predicted octanol–water partition coefficient (Wildman–Crippen LogP) is 2.48. The molecule has 6 nitrogen and oxygen atoms in total. The highest BCUT2D eigenvalue weighted by Gasteiger charge is 2.34. The Balaban J connectivity index is 1.58. The van der Waals surface area contributed by atoms with Crippen LogP contribution in [0.4, 0.5) is 19.1 Å². The minimum absolute atomic E-state index is 0.144. The number of anilines is 1. The highest BCUT2D eigenvalue weighted by Crippen LogP contribution is 2.29. The topological polar surface area (TPSA) is 50.1 Å². The SMILES string of the molecule is Cc1cc(C(F)(F)F)nc(N2CCN(CCn3cc(Cl)cn3)CC2)n1. The zero-order valence-corrected chi connectivity index (χ0v) is 14.4. The van der Waals surface area contributed by atoms with Crippen molar-refractivity contribution in [1.82, 2.24) is 24.6 Å². The Bertz CT molecular complexity index is 724. The lowest BCUT2D eigenvalue weighted by molar-refractivity contribution is -0.141. The first-order chi connectivity index (χ1) is 11.8. The molecule has 0 N–H and O–H groups in total. The number of alkyl halides is 3. The Morgan fingerprint density at radius 1 is 1.12 bits per heavy atom. The Hall–Kier alpha value is -1.87. The second-order valence-corrected chi connectivity index (χ2v) is 6.38. The smallest absolute Gasteiger partial charge is 0.338 e. The van der Waals surface area contributed by atoms with Crippen LogP contribution in [0.2, 0.25) is 5.02 Å². The first-order valence-corrected chi connectivity index (χ1v) is 8.27. The van der Waals surface area contributed by atoms with E-state index in [1.807, 2.05) is 0 Å². The molecule has 3 heterocycles. The third kappa shape index (κ3) is 4.60. The zero-order chi connectivity index (χ0) is 18.0. The quantitative estimate of drug-likeness (QED) is 0.823. The van der Waals surface area contributed by atoms with Crippen LogP contribution in [-0.2, 0) is 12.7 Å². The largest absolute Gasteiger partial charge is 0.433 e. The third-order valence-corrected chi connectivity index (χ3v) is 4.23. The summed E-state index contributed by atoms with van der Waals surface area (Å²) in [4.78, 5) is 11.9. The number of piperazine rings is 1. The third-order valence-electron chi connectivity index (χ3n) is 4.04. The summed E-state index contributed by atoms with van der Waals surface area (Å²) in [6.07, 6.45) is -1.11. The summed E-state index contributed by atoms with van der Waals surface area (Å²) in [5, 5.41) is 4.73. The molecule has 0 aromatic carbocycles. The van der Waals surface area contributed by atoms with Gasteiger partial charge in [-0.05, 0) is 13.0 Å². The molecule has 1 fully saturated rings. The summed E-state index contributed by atoms with van der Waals surface area (Å²) in [7, 11) is 0. The fourth-order valence-electron chi connectivity index (χ4n) is 2.72. The van der Waals surface area contributed by atoms with Gasteiger partial charge in [0.05, 0.1) is 17.8 Å². The molecule has 0 atom stereocenters. The zero-order valence-electron chi connectivity index (χ0n) is 13.7. The van der Waals surface area contributed by atoms with E-state index in [0.717, 1.165) is 25.7 Å². The maximum absolute atomic E-state index is 12.9. The maximum atomic E-state index is 12.9. The Morgan fingerprint density at radius 3 is 2.44 bits per heavy atom. The van der Waals surface area contributed by atoms with Crippen LogP contribution in [0, 0.1) is 6.92 Å². The summed E-state index contributed by atoms with van der Waals surface area (Å²) in [5.74, 6) is 0.144. The standard InChI is InChI=1S/C15H18ClF3N6/c1-11-8-13(15(17,18)19)22-14(21-11)24-5-2-23(3-6-24)4-7-25-10-12(16)9-20-25/h8-10H,2-7H2,1H3. The van der Waals surface area contributed by atoms with Crippen molar-refractivity contribution in [3.63, 3.8) is 0 Å². The van der Waals surface area contributed by atoms with Gasteiger partial charge in [0.15, 0.2) is 0 Å². The maximum Gasteiger partial charge on any atom is 0.433 e. The van der Waals surface area contributed by atoms with Crippen molar-refractivity contribution >= 4 is 17.5 Å². The molecule has 2 aromatic rings. The van der Waals surface area contributed by atoms with Crippen molar-refractivity contribution in [2.45, 2.75) is 19.6 Å². The van der Waals surface area contributed by atoms with Gasteiger partial charge in [0.2, 0.25) is 5.95 Å². The molecule has 0 aliphatic carbocycles. The lowest BCUT2D eigenvalue weighted by Crippen LogP contribution is -2.48. The van der Waals surface area contributed by atoms with Crippen LogP contribution in [0.5, 0.6) is 0 Å². The molecule has 1 aliphatic rings. The van der Waals surface area contributed by atoms with Gasteiger partial charge in [-0.15, -0.1) is 0 Å². The van der Waals surface area contributed by atoms with Gasteiger partial charge < -0.3 is 4.90 Å². The highest BCUT2D eigenvalue weighted by atomic mass is 35.5. The van der Waals surface area contributed by atoms with Crippen LogP contribution >= 0.6 is 11.6 Å². The van der Waals surface area contributed by atoms with E-state index < -0.39 is 11.9 Å². The van der Waals surface area contributed by atoms with Crippen molar-refractivity contribution in [3.05, 3.63) is 34.9 Å². The summed E-state index contributed by atoms with van der Waals surface area (Å²) in [5.41, 5.74) is -0.580. The number of halogens is 4. The summed E-state index contributed by atoms with van der Waals surface area (Å²) >= 11 is 5.83. The van der Waals surface area contributed by atoms with E-state index in [1.165, 1.54) is 0 Å². The molecule has 0 bridgehead atoms. The van der Waals surface area contributed by atoms with Crippen molar-refractivity contribution in [2.75, 3.05) is 37.6 Å². The number of aromatic nitrogens is 4. The fourth-order valence-corrected chi connectivity index (χ4v) is 2.87. The van der Waals surface area contributed by atoms with Crippen LogP contribution < -0.4 is 4.90 Å². The summed E-state index contributed by atoms with van der Waals surface area (Å²) in [6, 6.07) is 0.967. The molecule has 0 saturated carbocycles. The second-order valence-electron chi connectivity index (χ2n) is 5.94. The van der Waals surface area contributed by atoms with Gasteiger partial charge in [-0.2, -0.15) is 18.3 Å². The minimum Gasteiger partial charge on any atom is -0.338 e. The minimum atomic E-state index is -4.46. The first-order valence-electron chi connectivity index (χ1n) is 7.89. The van der Waals surface area contributed by atoms with E-state index in [2.05, 4.69) is 20.0 Å². The number of rotatable bonds is 4. The van der Waals surface area contributed by atoms with Crippen molar-refractivity contribution in [1.29, 1.82) is 0 Å². The van der Waals surface area contributed by atoms with Crippen molar-refractivity contribution < 1.29 is 13.2 Å². The number of nitrogens with zero attached hydrogens (tertiary/aromatic N) is 6. The van der Waals surface area contributed by atoms with E-state index in [1.54, 1.807) is 28.9 Å². The van der Waals surface area contributed by atoms with Crippen LogP contribution in [0.25, 0.3) is 0 Å². The van der Waals surface area contributed by atoms with Gasteiger partial charge in [-0.25, -0.2) is 9.97 Å². The van der Waals surface area contributed by atoms with E-state index in [0.29, 0.717) is 30.4 Å². The molecule has 10 heteroatoms. The van der Waals surface area contributed by atoms with Gasteiger partial charge >= 0.3 is 6.18 Å². The lowest BCUT2D eigenvalue weighted by atomic mass is 10.3. The Labute approximate surface area is 148 Å². The number of aryl methyl sites for hydroxylation is 1. The van der Waals surface area contributed by atoms with Crippen molar-refractivity contribution in [2.24, 2.45) is 0 Å². The predicted molar refractivity (Wildman–Crippen MR) is 87.7 cm³/mol. The van der Waals surface area contributed by atoms with Gasteiger partial charge in [-0.1, -0.05) is 11.6 Å². The first kappa shape index (κ1) is 17.9. The number of hydrogen-bond donors (Lipinski definition) is 0. The Kier molecular flexibility index (Phi) is 5.14. The number of hydrogen-bond acceptors (Lipinski definition) is 5. The molecule has 2 aromatic heterocycles. The van der Waals surface area contributed by atoms with E-state index in [4.69, 9.17) is 11.6 Å². The van der Waals surface area contributed by atoms with Gasteiger partial charge in [0.1, 0.15) is 5.69 Å². The lowest BCUT2D eigenvalue weighted by Gasteiger charge is -2.34. The molecular weight excluding hydrogens is 357 g/mol. The fraction of sp³-hybridized carbons (Fsp3) is 0.533. The normalized spacial score (nSPS) is 16.4. The molecule has 0 unspecified atom stereocenters. The monoisotopic (exact) mass is 374 g/mol. The van der Waals surface area contributed by atoms with Gasteiger partial charge in [-0.3, -0.25) is 9.58 Å². The molecule has 25 heavy (non-hydrogen) atoms. The summed E-state index contributed by atoms with van der Waals surface area (Å²) in [6.45, 7) is 5.69. The second kappa shape index (κ2) is 7.17. The molecule has 136 valence electrons. The average molecular weight is 375 g/mol. The highest BCUT2D eigenvalue weighted by molar-refractivity contribution is 6.30. The molecule has 0 amide bonds. The van der Waals surface area contributed by atoms with Crippen LogP contribution in [0.3, 0.4) is 0 Å². The van der Waals surface area contributed by atoms with Gasteiger partial charge in [0, 0.05) is 44.6 Å². The van der Waals surface area contributed by atoms with Crippen molar-refractivity contribution in [3.8, 4) is 0 Å². The van der Waals surface area contributed by atoms with Crippen LogP contribution in [-0.4, -0.2) is 57.4 Å². The molecular formula is C15H18ClF3N6. The molecule has 1 saturated heterocycles. The average Bonchev–Trinajstić information content (AvgIpc) is 2.97. The molecule has 0 radical (unpaired) electrons.